The summed E-state index contributed by atoms with van der Waals surface area (Å²) in [5, 5.41) is 10.8. The van der Waals surface area contributed by atoms with E-state index in [1.165, 1.54) is 32.1 Å². The van der Waals surface area contributed by atoms with Gasteiger partial charge in [-0.3, -0.25) is 0 Å². The van der Waals surface area contributed by atoms with E-state index in [1.807, 2.05) is 19.1 Å². The van der Waals surface area contributed by atoms with Crippen LogP contribution >= 0.6 is 15.9 Å². The predicted octanol–water partition coefficient (Wildman–Crippen LogP) is 5.16. The standard InChI is InChI=1S/C17H25BrO2/c1-12-10-16(20-2)14(11-15(12)18)17(19)13-8-6-4-3-5-7-9-13/h10-11,13,17,19H,3-9H2,1-2H3. The number of aryl methyl sites for hydroxylation is 1. The zero-order valence-corrected chi connectivity index (χ0v) is 14.1. The number of ether oxygens (including phenoxy) is 1. The second-order valence-corrected chi connectivity index (χ2v) is 6.75. The summed E-state index contributed by atoms with van der Waals surface area (Å²) in [6.45, 7) is 2.04. The van der Waals surface area contributed by atoms with E-state index < -0.39 is 6.10 Å². The fourth-order valence-electron chi connectivity index (χ4n) is 3.14. The Hall–Kier alpha value is -0.540. The lowest BCUT2D eigenvalue weighted by molar-refractivity contribution is 0.0887. The number of aliphatic hydroxyl groups excluding tert-OH is 1. The van der Waals surface area contributed by atoms with Crippen LogP contribution in [0.15, 0.2) is 16.6 Å². The van der Waals surface area contributed by atoms with E-state index in [4.69, 9.17) is 4.74 Å². The minimum Gasteiger partial charge on any atom is -0.496 e. The highest BCUT2D eigenvalue weighted by Crippen LogP contribution is 2.38. The first-order valence-electron chi connectivity index (χ1n) is 7.65. The predicted molar refractivity (Wildman–Crippen MR) is 86.2 cm³/mol. The normalized spacial score (nSPS) is 19.2. The van der Waals surface area contributed by atoms with Gasteiger partial charge in [0.1, 0.15) is 5.75 Å². The Kier molecular flexibility index (Phi) is 5.91. The molecule has 0 aromatic heterocycles. The molecule has 3 heteroatoms. The molecule has 2 nitrogen and oxygen atoms in total. The van der Waals surface area contributed by atoms with E-state index >= 15 is 0 Å². The molecule has 1 fully saturated rings. The molecular formula is C17H25BrO2. The molecule has 0 spiro atoms. The van der Waals surface area contributed by atoms with Crippen LogP contribution in [0.5, 0.6) is 5.75 Å². The smallest absolute Gasteiger partial charge is 0.125 e. The van der Waals surface area contributed by atoms with Crippen molar-refractivity contribution in [2.24, 2.45) is 5.92 Å². The van der Waals surface area contributed by atoms with Crippen molar-refractivity contribution in [2.45, 2.75) is 58.0 Å². The van der Waals surface area contributed by atoms with E-state index in [0.717, 1.165) is 34.2 Å². The number of rotatable bonds is 3. The van der Waals surface area contributed by atoms with Gasteiger partial charge in [-0.05, 0) is 43.4 Å². The first-order valence-corrected chi connectivity index (χ1v) is 8.45. The lowest BCUT2D eigenvalue weighted by Crippen LogP contribution is -2.15. The fraction of sp³-hybridized carbons (Fsp3) is 0.647. The van der Waals surface area contributed by atoms with Gasteiger partial charge in [-0.2, -0.15) is 0 Å². The van der Waals surface area contributed by atoms with Crippen LogP contribution in [0.4, 0.5) is 0 Å². The van der Waals surface area contributed by atoms with Crippen LogP contribution in [0.25, 0.3) is 0 Å². The van der Waals surface area contributed by atoms with Crippen molar-refractivity contribution in [3.05, 3.63) is 27.7 Å². The van der Waals surface area contributed by atoms with Gasteiger partial charge in [0.25, 0.3) is 0 Å². The van der Waals surface area contributed by atoms with E-state index in [2.05, 4.69) is 15.9 Å². The van der Waals surface area contributed by atoms with Gasteiger partial charge in [-0.15, -0.1) is 0 Å². The fourth-order valence-corrected chi connectivity index (χ4v) is 3.50. The first-order chi connectivity index (χ1) is 9.63. The summed E-state index contributed by atoms with van der Waals surface area (Å²) in [5.41, 5.74) is 2.06. The summed E-state index contributed by atoms with van der Waals surface area (Å²) in [7, 11) is 1.68. The average molecular weight is 341 g/mol. The molecule has 0 amide bonds. The molecule has 20 heavy (non-hydrogen) atoms. The molecular weight excluding hydrogens is 316 g/mol. The molecule has 1 atom stereocenters. The van der Waals surface area contributed by atoms with Crippen molar-refractivity contribution < 1.29 is 9.84 Å². The van der Waals surface area contributed by atoms with Crippen molar-refractivity contribution in [1.82, 2.24) is 0 Å². The molecule has 2 rings (SSSR count). The van der Waals surface area contributed by atoms with Gasteiger partial charge in [0.05, 0.1) is 13.2 Å². The maximum Gasteiger partial charge on any atom is 0.125 e. The van der Waals surface area contributed by atoms with Gasteiger partial charge < -0.3 is 9.84 Å². The third-order valence-electron chi connectivity index (χ3n) is 4.43. The van der Waals surface area contributed by atoms with Crippen LogP contribution in [0.1, 0.15) is 62.2 Å². The van der Waals surface area contributed by atoms with Crippen LogP contribution < -0.4 is 4.74 Å². The summed E-state index contributed by atoms with van der Waals surface area (Å²) in [4.78, 5) is 0. The second-order valence-electron chi connectivity index (χ2n) is 5.89. The molecule has 0 bridgehead atoms. The van der Waals surface area contributed by atoms with Crippen molar-refractivity contribution in [1.29, 1.82) is 0 Å². The molecule has 1 aliphatic rings. The molecule has 1 aromatic carbocycles. The van der Waals surface area contributed by atoms with E-state index in [1.54, 1.807) is 7.11 Å². The SMILES string of the molecule is COc1cc(C)c(Br)cc1C(O)C1CCCCCCC1. The Morgan fingerprint density at radius 3 is 2.35 bits per heavy atom. The lowest BCUT2D eigenvalue weighted by Gasteiger charge is -2.26. The van der Waals surface area contributed by atoms with E-state index in [-0.39, 0.29) is 0 Å². The number of hydrogen-bond acceptors (Lipinski definition) is 2. The Morgan fingerprint density at radius 2 is 1.75 bits per heavy atom. The highest BCUT2D eigenvalue weighted by Gasteiger charge is 2.24. The third kappa shape index (κ3) is 3.76. The first kappa shape index (κ1) is 15.8. The maximum atomic E-state index is 10.8. The Labute approximate surface area is 130 Å². The van der Waals surface area contributed by atoms with Gasteiger partial charge in [-0.1, -0.05) is 48.0 Å². The highest BCUT2D eigenvalue weighted by molar-refractivity contribution is 9.10. The molecule has 0 saturated heterocycles. The van der Waals surface area contributed by atoms with Gasteiger partial charge in [-0.25, -0.2) is 0 Å². The van der Waals surface area contributed by atoms with Gasteiger partial charge in [0.2, 0.25) is 0 Å². The number of methoxy groups -OCH3 is 1. The van der Waals surface area contributed by atoms with Crippen molar-refractivity contribution in [3.63, 3.8) is 0 Å². The van der Waals surface area contributed by atoms with Crippen LogP contribution in [-0.4, -0.2) is 12.2 Å². The number of benzene rings is 1. The van der Waals surface area contributed by atoms with Crippen LogP contribution in [0.2, 0.25) is 0 Å². The summed E-state index contributed by atoms with van der Waals surface area (Å²) in [6.07, 6.45) is 8.25. The molecule has 1 saturated carbocycles. The minimum atomic E-state index is -0.417. The van der Waals surface area contributed by atoms with Gasteiger partial charge in [0.15, 0.2) is 0 Å². The monoisotopic (exact) mass is 340 g/mol. The quantitative estimate of drug-likeness (QED) is 0.823. The summed E-state index contributed by atoms with van der Waals surface area (Å²) in [6, 6.07) is 4.03. The van der Waals surface area contributed by atoms with E-state index in [0.29, 0.717) is 5.92 Å². The average Bonchev–Trinajstić information content (AvgIpc) is 2.40. The van der Waals surface area contributed by atoms with Crippen LogP contribution in [-0.2, 0) is 0 Å². The lowest BCUT2D eigenvalue weighted by atomic mass is 9.84. The topological polar surface area (TPSA) is 29.5 Å². The molecule has 1 N–H and O–H groups in total. The number of halogens is 1. The Bertz CT molecular complexity index is 437. The maximum absolute atomic E-state index is 10.8. The molecule has 0 heterocycles. The molecule has 1 aliphatic carbocycles. The summed E-state index contributed by atoms with van der Waals surface area (Å²) >= 11 is 3.56. The molecule has 0 aliphatic heterocycles. The largest absolute Gasteiger partial charge is 0.496 e. The Morgan fingerprint density at radius 1 is 1.15 bits per heavy atom. The van der Waals surface area contributed by atoms with Gasteiger partial charge >= 0.3 is 0 Å². The highest BCUT2D eigenvalue weighted by atomic mass is 79.9. The van der Waals surface area contributed by atoms with Crippen molar-refractivity contribution in [3.8, 4) is 5.75 Å². The molecule has 1 unspecified atom stereocenters. The molecule has 1 aromatic rings. The summed E-state index contributed by atoms with van der Waals surface area (Å²) < 4.78 is 6.51. The van der Waals surface area contributed by atoms with Crippen LogP contribution in [0.3, 0.4) is 0 Å². The minimum absolute atomic E-state index is 0.360. The zero-order chi connectivity index (χ0) is 14.5. The van der Waals surface area contributed by atoms with E-state index in [9.17, 15) is 5.11 Å². The molecule has 112 valence electrons. The van der Waals surface area contributed by atoms with Crippen LogP contribution in [0, 0.1) is 12.8 Å². The third-order valence-corrected chi connectivity index (χ3v) is 5.28. The number of hydrogen-bond donors (Lipinski definition) is 1. The van der Waals surface area contributed by atoms with Gasteiger partial charge in [0, 0.05) is 10.0 Å². The Balaban J connectivity index is 2.22. The van der Waals surface area contributed by atoms with Crippen molar-refractivity contribution >= 4 is 15.9 Å². The summed E-state index contributed by atoms with van der Waals surface area (Å²) in [5.74, 6) is 1.17. The second kappa shape index (κ2) is 7.46. The number of aliphatic hydroxyl groups is 1. The van der Waals surface area contributed by atoms with Crippen molar-refractivity contribution in [2.75, 3.05) is 7.11 Å². The molecule has 0 radical (unpaired) electrons. The zero-order valence-electron chi connectivity index (χ0n) is 12.5.